The third-order valence-electron chi connectivity index (χ3n) is 4.02. The van der Waals surface area contributed by atoms with E-state index in [0.29, 0.717) is 5.92 Å². The molecule has 0 aromatic carbocycles. The molecule has 0 aliphatic rings. The molecule has 18 heavy (non-hydrogen) atoms. The summed E-state index contributed by atoms with van der Waals surface area (Å²) in [5.41, 5.74) is 0. The average molecular weight is 256 g/mol. The standard InChI is InChI=1S/C17H36O/c1-4-6-8-10-11-13-15-17(18)16(3)14-12-9-7-5-2/h16-18H,4-15H2,1-3H3. The van der Waals surface area contributed by atoms with Crippen LogP contribution in [0.5, 0.6) is 0 Å². The molecule has 0 saturated heterocycles. The molecule has 2 atom stereocenters. The number of unbranched alkanes of at least 4 members (excludes halogenated alkanes) is 8. The predicted molar refractivity (Wildman–Crippen MR) is 81.9 cm³/mol. The van der Waals surface area contributed by atoms with Crippen molar-refractivity contribution in [3.05, 3.63) is 0 Å². The van der Waals surface area contributed by atoms with Crippen LogP contribution >= 0.6 is 0 Å². The van der Waals surface area contributed by atoms with Crippen LogP contribution in [0.3, 0.4) is 0 Å². The largest absolute Gasteiger partial charge is 0.393 e. The van der Waals surface area contributed by atoms with Crippen LogP contribution in [0.2, 0.25) is 0 Å². The lowest BCUT2D eigenvalue weighted by molar-refractivity contribution is 0.0985. The molecular formula is C17H36O. The molecule has 0 radical (unpaired) electrons. The van der Waals surface area contributed by atoms with Crippen molar-refractivity contribution >= 4 is 0 Å². The first-order chi connectivity index (χ1) is 8.72. The normalized spacial score (nSPS) is 14.7. The molecule has 0 aliphatic carbocycles. The maximum Gasteiger partial charge on any atom is 0.0565 e. The van der Waals surface area contributed by atoms with Crippen molar-refractivity contribution in [1.29, 1.82) is 0 Å². The molecule has 0 saturated carbocycles. The molecule has 0 heterocycles. The van der Waals surface area contributed by atoms with Crippen LogP contribution in [0, 0.1) is 5.92 Å². The second-order valence-electron chi connectivity index (χ2n) is 5.95. The first-order valence-corrected chi connectivity index (χ1v) is 8.40. The fourth-order valence-electron chi connectivity index (χ4n) is 2.50. The summed E-state index contributed by atoms with van der Waals surface area (Å²) in [4.78, 5) is 0. The first kappa shape index (κ1) is 18.0. The predicted octanol–water partition coefficient (Wildman–Crippen LogP) is 5.70. The Labute approximate surface area is 115 Å². The van der Waals surface area contributed by atoms with Crippen LogP contribution in [0.1, 0.15) is 97.8 Å². The van der Waals surface area contributed by atoms with Crippen molar-refractivity contribution in [2.75, 3.05) is 0 Å². The molecule has 0 fully saturated rings. The fraction of sp³-hybridized carbons (Fsp3) is 1.00. The highest BCUT2D eigenvalue weighted by Gasteiger charge is 2.12. The van der Waals surface area contributed by atoms with Gasteiger partial charge >= 0.3 is 0 Å². The van der Waals surface area contributed by atoms with E-state index >= 15 is 0 Å². The molecule has 2 unspecified atom stereocenters. The van der Waals surface area contributed by atoms with Gasteiger partial charge in [0.05, 0.1) is 6.10 Å². The zero-order valence-electron chi connectivity index (χ0n) is 13.1. The first-order valence-electron chi connectivity index (χ1n) is 8.40. The highest BCUT2D eigenvalue weighted by atomic mass is 16.3. The van der Waals surface area contributed by atoms with E-state index in [9.17, 15) is 5.11 Å². The summed E-state index contributed by atoms with van der Waals surface area (Å²) in [7, 11) is 0. The zero-order chi connectivity index (χ0) is 13.6. The molecule has 0 amide bonds. The summed E-state index contributed by atoms with van der Waals surface area (Å²) in [6.45, 7) is 6.72. The summed E-state index contributed by atoms with van der Waals surface area (Å²) in [6.07, 6.45) is 15.4. The van der Waals surface area contributed by atoms with Crippen LogP contribution < -0.4 is 0 Å². The Morgan fingerprint density at radius 1 is 0.667 bits per heavy atom. The zero-order valence-corrected chi connectivity index (χ0v) is 13.1. The van der Waals surface area contributed by atoms with E-state index in [1.807, 2.05) is 0 Å². The maximum absolute atomic E-state index is 10.1. The Balaban J connectivity index is 3.35. The quantitative estimate of drug-likeness (QED) is 0.419. The minimum Gasteiger partial charge on any atom is -0.393 e. The van der Waals surface area contributed by atoms with Gasteiger partial charge in [-0.15, -0.1) is 0 Å². The van der Waals surface area contributed by atoms with Gasteiger partial charge in [-0.2, -0.15) is 0 Å². The van der Waals surface area contributed by atoms with Gasteiger partial charge in [0.15, 0.2) is 0 Å². The highest BCUT2D eigenvalue weighted by Crippen LogP contribution is 2.18. The van der Waals surface area contributed by atoms with E-state index in [2.05, 4.69) is 20.8 Å². The SMILES string of the molecule is CCCCCCCCC(O)C(C)CCCCCC. The summed E-state index contributed by atoms with van der Waals surface area (Å²) >= 11 is 0. The van der Waals surface area contributed by atoms with Crippen LogP contribution in [-0.2, 0) is 0 Å². The van der Waals surface area contributed by atoms with E-state index in [0.717, 1.165) is 6.42 Å². The molecule has 0 aliphatic heterocycles. The van der Waals surface area contributed by atoms with Gasteiger partial charge in [-0.3, -0.25) is 0 Å². The molecular weight excluding hydrogens is 220 g/mol. The van der Waals surface area contributed by atoms with Gasteiger partial charge < -0.3 is 5.11 Å². The lowest BCUT2D eigenvalue weighted by Crippen LogP contribution is -2.17. The molecule has 0 rings (SSSR count). The van der Waals surface area contributed by atoms with E-state index in [1.165, 1.54) is 70.6 Å². The van der Waals surface area contributed by atoms with Crippen LogP contribution in [0.25, 0.3) is 0 Å². The summed E-state index contributed by atoms with van der Waals surface area (Å²) in [6, 6.07) is 0. The summed E-state index contributed by atoms with van der Waals surface area (Å²) in [5.74, 6) is 0.498. The van der Waals surface area contributed by atoms with Gasteiger partial charge in [0, 0.05) is 0 Å². The van der Waals surface area contributed by atoms with E-state index in [-0.39, 0.29) is 6.10 Å². The van der Waals surface area contributed by atoms with Crippen molar-refractivity contribution in [2.24, 2.45) is 5.92 Å². The van der Waals surface area contributed by atoms with Gasteiger partial charge in [0.1, 0.15) is 0 Å². The van der Waals surface area contributed by atoms with Crippen molar-refractivity contribution < 1.29 is 5.11 Å². The van der Waals surface area contributed by atoms with E-state index < -0.39 is 0 Å². The second-order valence-corrected chi connectivity index (χ2v) is 5.95. The number of aliphatic hydroxyl groups is 1. The molecule has 1 N–H and O–H groups in total. The third kappa shape index (κ3) is 11.1. The Kier molecular flexibility index (Phi) is 13.4. The molecule has 1 nitrogen and oxygen atoms in total. The fourth-order valence-corrected chi connectivity index (χ4v) is 2.50. The topological polar surface area (TPSA) is 20.2 Å². The third-order valence-corrected chi connectivity index (χ3v) is 4.02. The van der Waals surface area contributed by atoms with Crippen molar-refractivity contribution in [3.8, 4) is 0 Å². The molecule has 0 bridgehead atoms. The molecule has 0 aromatic rings. The average Bonchev–Trinajstić information content (AvgIpc) is 2.38. The van der Waals surface area contributed by atoms with Gasteiger partial charge in [0.2, 0.25) is 0 Å². The van der Waals surface area contributed by atoms with Crippen molar-refractivity contribution in [1.82, 2.24) is 0 Å². The Morgan fingerprint density at radius 2 is 1.11 bits per heavy atom. The van der Waals surface area contributed by atoms with Crippen molar-refractivity contribution in [2.45, 2.75) is 104 Å². The lowest BCUT2D eigenvalue weighted by Gasteiger charge is -2.18. The van der Waals surface area contributed by atoms with Crippen molar-refractivity contribution in [3.63, 3.8) is 0 Å². The number of hydrogen-bond acceptors (Lipinski definition) is 1. The van der Waals surface area contributed by atoms with E-state index in [4.69, 9.17) is 0 Å². The number of hydrogen-bond donors (Lipinski definition) is 1. The Hall–Kier alpha value is -0.0400. The van der Waals surface area contributed by atoms with Crippen LogP contribution in [-0.4, -0.2) is 11.2 Å². The smallest absolute Gasteiger partial charge is 0.0565 e. The molecule has 110 valence electrons. The Morgan fingerprint density at radius 3 is 1.72 bits per heavy atom. The second kappa shape index (κ2) is 13.4. The summed E-state index contributed by atoms with van der Waals surface area (Å²) in [5, 5.41) is 10.1. The maximum atomic E-state index is 10.1. The van der Waals surface area contributed by atoms with Crippen LogP contribution in [0.4, 0.5) is 0 Å². The molecule has 0 aromatic heterocycles. The minimum atomic E-state index is -0.0576. The van der Waals surface area contributed by atoms with Crippen LogP contribution in [0.15, 0.2) is 0 Å². The van der Waals surface area contributed by atoms with Gasteiger partial charge in [-0.25, -0.2) is 0 Å². The van der Waals surface area contributed by atoms with Gasteiger partial charge in [-0.1, -0.05) is 85.0 Å². The monoisotopic (exact) mass is 256 g/mol. The van der Waals surface area contributed by atoms with Gasteiger partial charge in [0.25, 0.3) is 0 Å². The van der Waals surface area contributed by atoms with E-state index in [1.54, 1.807) is 0 Å². The minimum absolute atomic E-state index is 0.0576. The van der Waals surface area contributed by atoms with Gasteiger partial charge in [-0.05, 0) is 18.8 Å². The molecule has 1 heteroatoms. The highest BCUT2D eigenvalue weighted by molar-refractivity contribution is 4.65. The lowest BCUT2D eigenvalue weighted by atomic mass is 9.93. The molecule has 0 spiro atoms. The number of aliphatic hydroxyl groups excluding tert-OH is 1. The Bertz CT molecular complexity index is 156. The number of rotatable bonds is 13. The summed E-state index contributed by atoms with van der Waals surface area (Å²) < 4.78 is 0.